The minimum atomic E-state index is 0.118. The van der Waals surface area contributed by atoms with E-state index in [9.17, 15) is 0 Å². The van der Waals surface area contributed by atoms with E-state index in [2.05, 4.69) is 32.5 Å². The van der Waals surface area contributed by atoms with Gasteiger partial charge in [-0.1, -0.05) is 29.8 Å². The number of imidazole rings is 1. The Labute approximate surface area is 130 Å². The van der Waals surface area contributed by atoms with E-state index >= 15 is 0 Å². The highest BCUT2D eigenvalue weighted by atomic mass is 35.5. The molecule has 0 amide bonds. The number of piperazine rings is 1. The fourth-order valence-electron chi connectivity index (χ4n) is 2.92. The summed E-state index contributed by atoms with van der Waals surface area (Å²) >= 11 is 6.46. The zero-order valence-electron chi connectivity index (χ0n) is 12.5. The minimum absolute atomic E-state index is 0.118. The number of likely N-dealkylation sites (N-methyl/N-ethyl adjacent to an activating group) is 1. The first-order chi connectivity index (χ1) is 10.2. The van der Waals surface area contributed by atoms with Crippen molar-refractivity contribution in [1.82, 2.24) is 19.4 Å². The van der Waals surface area contributed by atoms with E-state index in [4.69, 9.17) is 11.6 Å². The Morgan fingerprint density at radius 3 is 2.43 bits per heavy atom. The van der Waals surface area contributed by atoms with Gasteiger partial charge in [-0.25, -0.2) is 4.98 Å². The zero-order valence-corrected chi connectivity index (χ0v) is 13.3. The van der Waals surface area contributed by atoms with Crippen LogP contribution in [0, 0.1) is 0 Å². The van der Waals surface area contributed by atoms with Gasteiger partial charge >= 0.3 is 0 Å². The van der Waals surface area contributed by atoms with Gasteiger partial charge in [0.05, 0.1) is 6.04 Å². The molecule has 4 nitrogen and oxygen atoms in total. The summed E-state index contributed by atoms with van der Waals surface area (Å²) in [6, 6.07) is 8.22. The Balaban J connectivity index is 2.00. The number of rotatable bonds is 3. The van der Waals surface area contributed by atoms with Crippen LogP contribution in [0.15, 0.2) is 36.7 Å². The Bertz CT molecular complexity index is 602. The lowest BCUT2D eigenvalue weighted by molar-refractivity contribution is 0.122. The molecule has 0 spiro atoms. The third-order valence-corrected chi connectivity index (χ3v) is 4.55. The van der Waals surface area contributed by atoms with E-state index in [1.807, 2.05) is 37.6 Å². The van der Waals surface area contributed by atoms with Gasteiger partial charge in [0.25, 0.3) is 0 Å². The molecule has 3 rings (SSSR count). The molecular weight excluding hydrogens is 284 g/mol. The molecule has 1 saturated heterocycles. The van der Waals surface area contributed by atoms with Gasteiger partial charge < -0.3 is 9.47 Å². The van der Waals surface area contributed by atoms with E-state index in [0.29, 0.717) is 0 Å². The molecule has 5 heteroatoms. The highest BCUT2D eigenvalue weighted by Crippen LogP contribution is 2.32. The molecule has 2 heterocycles. The topological polar surface area (TPSA) is 24.3 Å². The molecule has 112 valence electrons. The molecule has 0 N–H and O–H groups in total. The van der Waals surface area contributed by atoms with Crippen LogP contribution in [0.3, 0.4) is 0 Å². The number of hydrogen-bond donors (Lipinski definition) is 0. The van der Waals surface area contributed by atoms with Crippen molar-refractivity contribution in [3.8, 4) is 0 Å². The van der Waals surface area contributed by atoms with Gasteiger partial charge in [-0.05, 0) is 18.7 Å². The summed E-state index contributed by atoms with van der Waals surface area (Å²) < 4.78 is 2.09. The van der Waals surface area contributed by atoms with E-state index in [1.54, 1.807) is 0 Å². The van der Waals surface area contributed by atoms with Gasteiger partial charge in [0.15, 0.2) is 0 Å². The maximum atomic E-state index is 6.46. The summed E-state index contributed by atoms with van der Waals surface area (Å²) in [5.74, 6) is 1.05. The maximum Gasteiger partial charge on any atom is 0.130 e. The lowest BCUT2D eigenvalue weighted by Gasteiger charge is -2.38. The van der Waals surface area contributed by atoms with E-state index < -0.39 is 0 Å². The first-order valence-corrected chi connectivity index (χ1v) is 7.69. The summed E-state index contributed by atoms with van der Waals surface area (Å²) in [7, 11) is 4.21. The number of aromatic nitrogens is 2. The van der Waals surface area contributed by atoms with Crippen molar-refractivity contribution < 1.29 is 0 Å². The van der Waals surface area contributed by atoms with Gasteiger partial charge in [-0.3, -0.25) is 4.90 Å². The number of aryl methyl sites for hydroxylation is 1. The molecule has 21 heavy (non-hydrogen) atoms. The predicted octanol–water partition coefficient (Wildman–Crippen LogP) is 2.41. The number of benzene rings is 1. The number of halogens is 1. The molecule has 1 atom stereocenters. The molecule has 1 unspecified atom stereocenters. The van der Waals surface area contributed by atoms with E-state index in [0.717, 1.165) is 42.6 Å². The van der Waals surface area contributed by atoms with Gasteiger partial charge in [0.2, 0.25) is 0 Å². The quantitative estimate of drug-likeness (QED) is 0.870. The Morgan fingerprint density at radius 1 is 1.10 bits per heavy atom. The van der Waals surface area contributed by atoms with Crippen molar-refractivity contribution in [2.45, 2.75) is 6.04 Å². The molecular formula is C16H21ClN4. The largest absolute Gasteiger partial charge is 0.336 e. The first kappa shape index (κ1) is 14.6. The van der Waals surface area contributed by atoms with Crippen molar-refractivity contribution in [1.29, 1.82) is 0 Å². The predicted molar refractivity (Wildman–Crippen MR) is 85.6 cm³/mol. The standard InChI is InChI=1S/C16H21ClN4/c1-19-9-11-21(12-10-19)15(16-18-7-8-20(16)2)13-5-3-4-6-14(13)17/h3-8,15H,9-12H2,1-2H3. The second-order valence-electron chi connectivity index (χ2n) is 5.66. The van der Waals surface area contributed by atoms with Gasteiger partial charge in [-0.2, -0.15) is 0 Å². The van der Waals surface area contributed by atoms with Crippen LogP contribution in [-0.4, -0.2) is 52.6 Å². The van der Waals surface area contributed by atoms with Crippen molar-refractivity contribution >= 4 is 11.6 Å². The van der Waals surface area contributed by atoms with Crippen LogP contribution < -0.4 is 0 Å². The fraction of sp³-hybridized carbons (Fsp3) is 0.438. The Morgan fingerprint density at radius 2 is 1.81 bits per heavy atom. The molecule has 1 fully saturated rings. The summed E-state index contributed by atoms with van der Waals surface area (Å²) in [4.78, 5) is 9.41. The monoisotopic (exact) mass is 304 g/mol. The summed E-state index contributed by atoms with van der Waals surface area (Å²) in [5.41, 5.74) is 1.14. The smallest absolute Gasteiger partial charge is 0.130 e. The SMILES string of the molecule is CN1CCN(C(c2ccccc2Cl)c2nccn2C)CC1. The average molecular weight is 305 g/mol. The summed E-state index contributed by atoms with van der Waals surface area (Å²) in [6.45, 7) is 4.20. The third kappa shape index (κ3) is 2.98. The summed E-state index contributed by atoms with van der Waals surface area (Å²) in [6.07, 6.45) is 3.85. The Kier molecular flexibility index (Phi) is 4.29. The lowest BCUT2D eigenvalue weighted by atomic mass is 10.0. The van der Waals surface area contributed by atoms with Gasteiger partial charge in [0.1, 0.15) is 5.82 Å². The van der Waals surface area contributed by atoms with Crippen LogP contribution in [0.1, 0.15) is 17.4 Å². The van der Waals surface area contributed by atoms with E-state index in [1.165, 1.54) is 0 Å². The molecule has 2 aromatic rings. The lowest BCUT2D eigenvalue weighted by Crippen LogP contribution is -2.46. The average Bonchev–Trinajstić information content (AvgIpc) is 2.89. The molecule has 1 aliphatic heterocycles. The van der Waals surface area contributed by atoms with Crippen molar-refractivity contribution in [2.75, 3.05) is 33.2 Å². The molecule has 0 radical (unpaired) electrons. The van der Waals surface area contributed by atoms with Crippen LogP contribution >= 0.6 is 11.6 Å². The second-order valence-corrected chi connectivity index (χ2v) is 6.07. The normalized spacial score (nSPS) is 18.8. The zero-order chi connectivity index (χ0) is 14.8. The van der Waals surface area contributed by atoms with Crippen LogP contribution in [0.25, 0.3) is 0 Å². The van der Waals surface area contributed by atoms with Crippen LogP contribution in [0.2, 0.25) is 5.02 Å². The first-order valence-electron chi connectivity index (χ1n) is 7.31. The van der Waals surface area contributed by atoms with Gasteiger partial charge in [0, 0.05) is 50.6 Å². The number of nitrogens with zero attached hydrogens (tertiary/aromatic N) is 4. The van der Waals surface area contributed by atoms with E-state index in [-0.39, 0.29) is 6.04 Å². The Hall–Kier alpha value is -1.36. The molecule has 1 aromatic carbocycles. The highest BCUT2D eigenvalue weighted by molar-refractivity contribution is 6.31. The second kappa shape index (κ2) is 6.18. The highest BCUT2D eigenvalue weighted by Gasteiger charge is 2.29. The maximum absolute atomic E-state index is 6.46. The molecule has 0 saturated carbocycles. The van der Waals surface area contributed by atoms with Crippen molar-refractivity contribution in [2.24, 2.45) is 7.05 Å². The molecule has 0 aliphatic carbocycles. The minimum Gasteiger partial charge on any atom is -0.336 e. The van der Waals surface area contributed by atoms with Crippen LogP contribution in [0.5, 0.6) is 0 Å². The number of hydrogen-bond acceptors (Lipinski definition) is 3. The molecule has 1 aliphatic rings. The summed E-state index contributed by atoms with van der Waals surface area (Å²) in [5, 5.41) is 0.810. The molecule has 0 bridgehead atoms. The van der Waals surface area contributed by atoms with Crippen LogP contribution in [-0.2, 0) is 7.05 Å². The van der Waals surface area contributed by atoms with Crippen molar-refractivity contribution in [3.05, 3.63) is 53.1 Å². The van der Waals surface area contributed by atoms with Crippen LogP contribution in [0.4, 0.5) is 0 Å². The fourth-order valence-corrected chi connectivity index (χ4v) is 3.16. The van der Waals surface area contributed by atoms with Crippen molar-refractivity contribution in [3.63, 3.8) is 0 Å². The third-order valence-electron chi connectivity index (χ3n) is 4.21. The van der Waals surface area contributed by atoms with Gasteiger partial charge in [-0.15, -0.1) is 0 Å². The molecule has 1 aromatic heterocycles.